The SMILES string of the molecule is O=C1CN(C(=O)CCc2ccc(F)c(F)c2)CCCN1. The van der Waals surface area contributed by atoms with Gasteiger partial charge in [-0.05, 0) is 30.5 Å². The van der Waals surface area contributed by atoms with E-state index >= 15 is 0 Å². The maximum absolute atomic E-state index is 13.0. The van der Waals surface area contributed by atoms with Gasteiger partial charge in [-0.25, -0.2) is 8.78 Å². The average Bonchev–Trinajstić information content (AvgIpc) is 2.64. The van der Waals surface area contributed by atoms with E-state index in [4.69, 9.17) is 0 Å². The largest absolute Gasteiger partial charge is 0.354 e. The minimum absolute atomic E-state index is 0.0661. The number of carbonyl (C=O) groups excluding carboxylic acids is 2. The van der Waals surface area contributed by atoms with Crippen LogP contribution in [-0.4, -0.2) is 36.3 Å². The van der Waals surface area contributed by atoms with Crippen molar-refractivity contribution < 1.29 is 18.4 Å². The smallest absolute Gasteiger partial charge is 0.239 e. The number of carbonyl (C=O) groups is 2. The van der Waals surface area contributed by atoms with Gasteiger partial charge >= 0.3 is 0 Å². The molecule has 1 heterocycles. The highest BCUT2D eigenvalue weighted by atomic mass is 19.2. The van der Waals surface area contributed by atoms with Gasteiger partial charge in [0.1, 0.15) is 0 Å². The van der Waals surface area contributed by atoms with E-state index < -0.39 is 11.6 Å². The predicted molar refractivity (Wildman–Crippen MR) is 68.9 cm³/mol. The molecule has 4 nitrogen and oxygen atoms in total. The zero-order valence-corrected chi connectivity index (χ0v) is 11.0. The Balaban J connectivity index is 1.90. The van der Waals surface area contributed by atoms with Crippen molar-refractivity contribution >= 4 is 11.8 Å². The van der Waals surface area contributed by atoms with Crippen molar-refractivity contribution in [3.05, 3.63) is 35.4 Å². The quantitative estimate of drug-likeness (QED) is 0.907. The second kappa shape index (κ2) is 6.45. The standard InChI is InChI=1S/C14H16F2N2O2/c15-11-4-2-10(8-12(11)16)3-5-14(20)18-7-1-6-17-13(19)9-18/h2,4,8H,1,3,5-7,9H2,(H,17,19). The second-order valence-electron chi connectivity index (χ2n) is 4.77. The number of aryl methyl sites for hydroxylation is 1. The molecule has 1 aliphatic rings. The zero-order valence-electron chi connectivity index (χ0n) is 11.0. The molecule has 2 amide bonds. The van der Waals surface area contributed by atoms with Gasteiger partial charge in [-0.1, -0.05) is 6.07 Å². The third-order valence-corrected chi connectivity index (χ3v) is 3.23. The van der Waals surface area contributed by atoms with Gasteiger partial charge in [-0.2, -0.15) is 0 Å². The van der Waals surface area contributed by atoms with Crippen LogP contribution in [0.25, 0.3) is 0 Å². The molecule has 0 aliphatic carbocycles. The summed E-state index contributed by atoms with van der Waals surface area (Å²) in [6.07, 6.45) is 1.23. The Labute approximate surface area is 115 Å². The molecule has 1 aromatic carbocycles. The molecule has 0 spiro atoms. The first-order valence-electron chi connectivity index (χ1n) is 6.54. The summed E-state index contributed by atoms with van der Waals surface area (Å²) in [5.74, 6) is -2.12. The molecule has 0 saturated carbocycles. The highest BCUT2D eigenvalue weighted by molar-refractivity contribution is 5.85. The molecule has 20 heavy (non-hydrogen) atoms. The van der Waals surface area contributed by atoms with Crippen molar-refractivity contribution in [3.8, 4) is 0 Å². The zero-order chi connectivity index (χ0) is 14.5. The van der Waals surface area contributed by atoms with Crippen molar-refractivity contribution in [2.24, 2.45) is 0 Å². The van der Waals surface area contributed by atoms with E-state index in [1.807, 2.05) is 0 Å². The van der Waals surface area contributed by atoms with Crippen LogP contribution < -0.4 is 5.32 Å². The van der Waals surface area contributed by atoms with Crippen molar-refractivity contribution in [2.75, 3.05) is 19.6 Å². The topological polar surface area (TPSA) is 49.4 Å². The number of benzene rings is 1. The van der Waals surface area contributed by atoms with Crippen molar-refractivity contribution in [3.63, 3.8) is 0 Å². The lowest BCUT2D eigenvalue weighted by molar-refractivity contribution is -0.135. The first-order valence-corrected chi connectivity index (χ1v) is 6.54. The van der Waals surface area contributed by atoms with E-state index in [-0.39, 0.29) is 24.8 Å². The molecule has 0 radical (unpaired) electrons. The molecule has 1 aliphatic heterocycles. The predicted octanol–water partition coefficient (Wildman–Crippen LogP) is 1.25. The highest BCUT2D eigenvalue weighted by Crippen LogP contribution is 2.11. The van der Waals surface area contributed by atoms with Gasteiger partial charge in [-0.3, -0.25) is 9.59 Å². The fraction of sp³-hybridized carbons (Fsp3) is 0.429. The van der Waals surface area contributed by atoms with Crippen LogP contribution >= 0.6 is 0 Å². The van der Waals surface area contributed by atoms with Crippen LogP contribution in [0.5, 0.6) is 0 Å². The lowest BCUT2D eigenvalue weighted by Gasteiger charge is -2.18. The van der Waals surface area contributed by atoms with Gasteiger partial charge in [0.05, 0.1) is 6.54 Å². The fourth-order valence-electron chi connectivity index (χ4n) is 2.12. The van der Waals surface area contributed by atoms with Gasteiger partial charge in [0.15, 0.2) is 11.6 Å². The lowest BCUT2D eigenvalue weighted by atomic mass is 10.1. The second-order valence-corrected chi connectivity index (χ2v) is 4.77. The maximum Gasteiger partial charge on any atom is 0.239 e. The molecular weight excluding hydrogens is 266 g/mol. The summed E-state index contributed by atoms with van der Waals surface area (Å²) in [6.45, 7) is 1.18. The van der Waals surface area contributed by atoms with Gasteiger partial charge in [0, 0.05) is 19.5 Å². The Bertz CT molecular complexity index is 520. The molecule has 1 N–H and O–H groups in total. The number of hydrogen-bond donors (Lipinski definition) is 1. The van der Waals surface area contributed by atoms with Crippen LogP contribution in [0.3, 0.4) is 0 Å². The highest BCUT2D eigenvalue weighted by Gasteiger charge is 2.19. The third-order valence-electron chi connectivity index (χ3n) is 3.23. The average molecular weight is 282 g/mol. The number of amides is 2. The summed E-state index contributed by atoms with van der Waals surface area (Å²) in [5, 5.41) is 2.69. The summed E-state index contributed by atoms with van der Waals surface area (Å²) >= 11 is 0. The van der Waals surface area contributed by atoms with Gasteiger partial charge < -0.3 is 10.2 Å². The Morgan fingerprint density at radius 1 is 1.30 bits per heavy atom. The number of rotatable bonds is 3. The molecule has 2 rings (SSSR count). The van der Waals surface area contributed by atoms with E-state index in [0.717, 1.165) is 18.6 Å². The molecule has 1 saturated heterocycles. The molecule has 0 atom stereocenters. The Morgan fingerprint density at radius 3 is 2.85 bits per heavy atom. The normalized spacial score (nSPS) is 15.7. The van der Waals surface area contributed by atoms with Gasteiger partial charge in [0.25, 0.3) is 0 Å². The lowest BCUT2D eigenvalue weighted by Crippen LogP contribution is -2.37. The Hall–Kier alpha value is -1.98. The Morgan fingerprint density at radius 2 is 2.10 bits per heavy atom. The van der Waals surface area contributed by atoms with Crippen LogP contribution in [-0.2, 0) is 16.0 Å². The fourth-order valence-corrected chi connectivity index (χ4v) is 2.12. The minimum atomic E-state index is -0.913. The summed E-state index contributed by atoms with van der Waals surface area (Å²) in [7, 11) is 0. The molecule has 0 aromatic heterocycles. The number of nitrogens with one attached hydrogen (secondary N) is 1. The van der Waals surface area contributed by atoms with E-state index in [0.29, 0.717) is 25.1 Å². The molecule has 0 unspecified atom stereocenters. The molecule has 0 bridgehead atoms. The van der Waals surface area contributed by atoms with Crippen molar-refractivity contribution in [2.45, 2.75) is 19.3 Å². The maximum atomic E-state index is 13.0. The summed E-state index contributed by atoms with van der Waals surface area (Å²) < 4.78 is 25.8. The molecular formula is C14H16F2N2O2. The van der Waals surface area contributed by atoms with Crippen LogP contribution in [0.4, 0.5) is 8.78 Å². The molecule has 108 valence electrons. The number of hydrogen-bond acceptors (Lipinski definition) is 2. The van der Waals surface area contributed by atoms with Gasteiger partial charge in [0.2, 0.25) is 11.8 Å². The number of halogens is 2. The van der Waals surface area contributed by atoms with Crippen LogP contribution in [0.1, 0.15) is 18.4 Å². The molecule has 1 aromatic rings. The summed E-state index contributed by atoms with van der Waals surface area (Å²) in [5.41, 5.74) is 0.566. The van der Waals surface area contributed by atoms with E-state index in [2.05, 4.69) is 5.32 Å². The monoisotopic (exact) mass is 282 g/mol. The Kier molecular flexibility index (Phi) is 4.65. The van der Waals surface area contributed by atoms with Gasteiger partial charge in [-0.15, -0.1) is 0 Å². The first kappa shape index (κ1) is 14.4. The van der Waals surface area contributed by atoms with Crippen molar-refractivity contribution in [1.29, 1.82) is 0 Å². The van der Waals surface area contributed by atoms with Crippen LogP contribution in [0.2, 0.25) is 0 Å². The summed E-state index contributed by atoms with van der Waals surface area (Å²) in [6, 6.07) is 3.60. The number of nitrogens with zero attached hydrogens (tertiary/aromatic N) is 1. The minimum Gasteiger partial charge on any atom is -0.354 e. The van der Waals surface area contributed by atoms with E-state index in [9.17, 15) is 18.4 Å². The van der Waals surface area contributed by atoms with Crippen LogP contribution in [0, 0.1) is 11.6 Å². The van der Waals surface area contributed by atoms with Crippen molar-refractivity contribution in [1.82, 2.24) is 10.2 Å². The molecule has 1 fully saturated rings. The first-order chi connectivity index (χ1) is 9.56. The van der Waals surface area contributed by atoms with Crippen LogP contribution in [0.15, 0.2) is 18.2 Å². The summed E-state index contributed by atoms with van der Waals surface area (Å²) in [4.78, 5) is 24.9. The van der Waals surface area contributed by atoms with E-state index in [1.165, 1.54) is 11.0 Å². The van der Waals surface area contributed by atoms with E-state index in [1.54, 1.807) is 0 Å². The third kappa shape index (κ3) is 3.76. The molecule has 6 heteroatoms.